The van der Waals surface area contributed by atoms with Crippen LogP contribution >= 0.6 is 0 Å². The zero-order chi connectivity index (χ0) is 14.7. The topological polar surface area (TPSA) is 21.3 Å². The van der Waals surface area contributed by atoms with Crippen LogP contribution in [0.15, 0.2) is 24.3 Å². The Morgan fingerprint density at radius 1 is 1.14 bits per heavy atom. The summed E-state index contributed by atoms with van der Waals surface area (Å²) in [5.74, 6) is 1.04. The number of benzene rings is 1. The third kappa shape index (κ3) is 3.26. The molecule has 2 aliphatic carbocycles. The third-order valence-electron chi connectivity index (χ3n) is 5.36. The summed E-state index contributed by atoms with van der Waals surface area (Å²) in [6.45, 7) is 5.61. The molecule has 1 aromatic rings. The highest BCUT2D eigenvalue weighted by Gasteiger charge is 2.40. The van der Waals surface area contributed by atoms with E-state index in [2.05, 4.69) is 43.4 Å². The first-order chi connectivity index (χ1) is 10.3. The highest BCUT2D eigenvalue weighted by atomic mass is 16.5. The smallest absolute Gasteiger partial charge is 0.119 e. The van der Waals surface area contributed by atoms with Gasteiger partial charge in [0.25, 0.3) is 0 Å². The van der Waals surface area contributed by atoms with Crippen LogP contribution in [-0.2, 0) is 0 Å². The van der Waals surface area contributed by atoms with Crippen molar-refractivity contribution in [2.75, 3.05) is 6.54 Å². The molecule has 0 radical (unpaired) electrons. The predicted molar refractivity (Wildman–Crippen MR) is 87.7 cm³/mol. The molecule has 116 valence electrons. The second kappa shape index (κ2) is 6.39. The van der Waals surface area contributed by atoms with E-state index < -0.39 is 0 Å². The van der Waals surface area contributed by atoms with E-state index in [4.69, 9.17) is 4.74 Å². The van der Waals surface area contributed by atoms with Crippen LogP contribution in [-0.4, -0.2) is 12.6 Å². The Bertz CT molecular complexity index is 443. The number of nitrogens with one attached hydrogen (secondary N) is 1. The molecule has 1 aromatic carbocycles. The molecule has 0 spiro atoms. The number of hydrogen-bond acceptors (Lipinski definition) is 2. The van der Waals surface area contributed by atoms with Crippen molar-refractivity contribution in [1.29, 1.82) is 0 Å². The fraction of sp³-hybridized carbons (Fsp3) is 0.684. The zero-order valence-corrected chi connectivity index (χ0v) is 13.5. The maximum atomic E-state index is 5.88. The molecular formula is C19H29NO. The first-order valence-corrected chi connectivity index (χ1v) is 8.77. The lowest BCUT2D eigenvalue weighted by Gasteiger charge is -2.38. The largest absolute Gasteiger partial charge is 0.490 e. The summed E-state index contributed by atoms with van der Waals surface area (Å²) >= 11 is 0. The van der Waals surface area contributed by atoms with Crippen molar-refractivity contribution < 1.29 is 4.74 Å². The van der Waals surface area contributed by atoms with Crippen LogP contribution in [0.25, 0.3) is 0 Å². The van der Waals surface area contributed by atoms with E-state index in [9.17, 15) is 0 Å². The molecule has 0 saturated heterocycles. The van der Waals surface area contributed by atoms with Gasteiger partial charge in [-0.3, -0.25) is 0 Å². The van der Waals surface area contributed by atoms with Crippen molar-refractivity contribution in [1.82, 2.24) is 5.32 Å². The summed E-state index contributed by atoms with van der Waals surface area (Å²) in [5.41, 5.74) is 1.89. The minimum atomic E-state index is 0.453. The van der Waals surface area contributed by atoms with Gasteiger partial charge in [0.05, 0.1) is 6.10 Å². The molecule has 21 heavy (non-hydrogen) atoms. The van der Waals surface area contributed by atoms with E-state index in [1.54, 1.807) is 0 Å². The van der Waals surface area contributed by atoms with Crippen LogP contribution < -0.4 is 10.1 Å². The van der Waals surface area contributed by atoms with Crippen molar-refractivity contribution in [3.8, 4) is 5.75 Å². The maximum absolute atomic E-state index is 5.88. The Labute approximate surface area is 129 Å². The van der Waals surface area contributed by atoms with Crippen LogP contribution in [0.4, 0.5) is 0 Å². The summed E-state index contributed by atoms with van der Waals surface area (Å²) in [6, 6.07) is 9.37. The van der Waals surface area contributed by atoms with Crippen molar-refractivity contribution in [2.45, 2.75) is 70.9 Å². The first kappa shape index (κ1) is 14.9. The molecule has 1 N–H and O–H groups in total. The standard InChI is InChI=1S/C19H29NO/c1-3-19(13-5-6-14-19)18(20-4-2)15-7-9-16(10-8-15)21-17-11-12-17/h7-10,17-18,20H,3-6,11-14H2,1-2H3. The minimum Gasteiger partial charge on any atom is -0.490 e. The van der Waals surface area contributed by atoms with Crippen molar-refractivity contribution in [3.05, 3.63) is 29.8 Å². The summed E-state index contributed by atoms with van der Waals surface area (Å²) in [5, 5.41) is 3.76. The average Bonchev–Trinajstić information content (AvgIpc) is 3.20. The number of ether oxygens (including phenoxy) is 1. The Morgan fingerprint density at radius 2 is 1.81 bits per heavy atom. The van der Waals surface area contributed by atoms with Gasteiger partial charge in [-0.2, -0.15) is 0 Å². The van der Waals surface area contributed by atoms with Crippen molar-refractivity contribution in [2.24, 2.45) is 5.41 Å². The van der Waals surface area contributed by atoms with Gasteiger partial charge >= 0.3 is 0 Å². The van der Waals surface area contributed by atoms with E-state index >= 15 is 0 Å². The molecule has 0 heterocycles. The molecule has 2 saturated carbocycles. The zero-order valence-electron chi connectivity index (χ0n) is 13.5. The fourth-order valence-corrected chi connectivity index (χ4v) is 3.93. The molecule has 1 unspecified atom stereocenters. The summed E-state index contributed by atoms with van der Waals surface area (Å²) in [4.78, 5) is 0. The molecule has 0 aromatic heterocycles. The Hall–Kier alpha value is -1.02. The second-order valence-corrected chi connectivity index (χ2v) is 6.80. The maximum Gasteiger partial charge on any atom is 0.119 e. The molecule has 2 fully saturated rings. The van der Waals surface area contributed by atoms with E-state index in [0.717, 1.165) is 12.3 Å². The van der Waals surface area contributed by atoms with E-state index in [0.29, 0.717) is 17.6 Å². The lowest BCUT2D eigenvalue weighted by atomic mass is 9.73. The van der Waals surface area contributed by atoms with Gasteiger partial charge in [0.2, 0.25) is 0 Å². The van der Waals surface area contributed by atoms with Gasteiger partial charge in [-0.05, 0) is 61.8 Å². The monoisotopic (exact) mass is 287 g/mol. The SMILES string of the molecule is CCNC(c1ccc(OC2CC2)cc1)C1(CC)CCCC1. The fourth-order valence-electron chi connectivity index (χ4n) is 3.93. The van der Waals surface area contributed by atoms with Crippen molar-refractivity contribution in [3.63, 3.8) is 0 Å². The Kier molecular flexibility index (Phi) is 4.54. The first-order valence-electron chi connectivity index (χ1n) is 8.77. The van der Waals surface area contributed by atoms with E-state index in [1.165, 1.54) is 50.5 Å². The van der Waals surface area contributed by atoms with Gasteiger partial charge in [-0.25, -0.2) is 0 Å². The van der Waals surface area contributed by atoms with Gasteiger partial charge in [0.1, 0.15) is 5.75 Å². The summed E-state index contributed by atoms with van der Waals surface area (Å²) in [7, 11) is 0. The van der Waals surface area contributed by atoms with Gasteiger partial charge in [0.15, 0.2) is 0 Å². The van der Waals surface area contributed by atoms with Crippen LogP contribution in [0.1, 0.15) is 70.4 Å². The van der Waals surface area contributed by atoms with Crippen LogP contribution in [0, 0.1) is 5.41 Å². The quantitative estimate of drug-likeness (QED) is 0.774. The minimum absolute atomic E-state index is 0.453. The van der Waals surface area contributed by atoms with Gasteiger partial charge in [-0.15, -0.1) is 0 Å². The second-order valence-electron chi connectivity index (χ2n) is 6.80. The molecule has 3 rings (SSSR count). The van der Waals surface area contributed by atoms with Crippen LogP contribution in [0.3, 0.4) is 0 Å². The molecule has 2 nitrogen and oxygen atoms in total. The molecule has 0 aliphatic heterocycles. The highest BCUT2D eigenvalue weighted by Crippen LogP contribution is 2.50. The molecule has 2 aliphatic rings. The van der Waals surface area contributed by atoms with Gasteiger partial charge in [-0.1, -0.05) is 38.8 Å². The normalized spacial score (nSPS) is 22.2. The van der Waals surface area contributed by atoms with E-state index in [1.807, 2.05) is 0 Å². The molecule has 0 amide bonds. The molecule has 2 heteroatoms. The van der Waals surface area contributed by atoms with Gasteiger partial charge < -0.3 is 10.1 Å². The molecule has 0 bridgehead atoms. The lowest BCUT2D eigenvalue weighted by Crippen LogP contribution is -2.36. The average molecular weight is 287 g/mol. The molecule has 1 atom stereocenters. The summed E-state index contributed by atoms with van der Waals surface area (Å²) < 4.78 is 5.88. The Balaban J connectivity index is 1.78. The van der Waals surface area contributed by atoms with Crippen LogP contribution in [0.5, 0.6) is 5.75 Å². The lowest BCUT2D eigenvalue weighted by molar-refractivity contribution is 0.189. The highest BCUT2D eigenvalue weighted by molar-refractivity contribution is 5.31. The predicted octanol–water partition coefficient (Wildman–Crippen LogP) is 4.85. The van der Waals surface area contributed by atoms with Gasteiger partial charge in [0, 0.05) is 6.04 Å². The number of rotatable bonds is 7. The molecular weight excluding hydrogens is 258 g/mol. The van der Waals surface area contributed by atoms with Crippen molar-refractivity contribution >= 4 is 0 Å². The van der Waals surface area contributed by atoms with Crippen LogP contribution in [0.2, 0.25) is 0 Å². The third-order valence-corrected chi connectivity index (χ3v) is 5.36. The number of hydrogen-bond donors (Lipinski definition) is 1. The summed E-state index contributed by atoms with van der Waals surface area (Å²) in [6.07, 6.45) is 9.70. The Morgan fingerprint density at radius 3 is 2.33 bits per heavy atom. The van der Waals surface area contributed by atoms with E-state index in [-0.39, 0.29) is 0 Å².